The third-order valence-electron chi connectivity index (χ3n) is 5.75. The van der Waals surface area contributed by atoms with Crippen molar-refractivity contribution in [3.63, 3.8) is 0 Å². The number of nitrogens with zero attached hydrogens (tertiary/aromatic N) is 4. The fourth-order valence-electron chi connectivity index (χ4n) is 3.95. The Hall–Kier alpha value is -3.01. The Kier molecular flexibility index (Phi) is 3.89. The highest BCUT2D eigenvalue weighted by Crippen LogP contribution is 2.54. The van der Waals surface area contributed by atoms with Crippen LogP contribution in [0.5, 0.6) is 0 Å². The average molecular weight is 412 g/mol. The van der Waals surface area contributed by atoms with E-state index in [2.05, 4.69) is 33.3 Å². The minimum Gasteiger partial charge on any atom is -0.328 e. The van der Waals surface area contributed by atoms with Crippen LogP contribution in [0.25, 0.3) is 11.2 Å². The van der Waals surface area contributed by atoms with Crippen LogP contribution >= 0.6 is 11.3 Å². The number of aryl methyl sites for hydroxylation is 2. The Morgan fingerprint density at radius 3 is 2.90 bits per heavy atom. The Labute approximate surface area is 169 Å². The molecule has 0 radical (unpaired) electrons. The first-order valence-electron chi connectivity index (χ1n) is 9.54. The average Bonchev–Trinajstić information content (AvgIpc) is 3.22. The summed E-state index contributed by atoms with van der Waals surface area (Å²) in [7, 11) is 1.59. The maximum Gasteiger partial charge on any atom is 0.327 e. The summed E-state index contributed by atoms with van der Waals surface area (Å²) >= 11 is 1.54. The van der Waals surface area contributed by atoms with E-state index in [-0.39, 0.29) is 35.4 Å². The van der Waals surface area contributed by atoms with E-state index < -0.39 is 0 Å². The van der Waals surface area contributed by atoms with E-state index in [0.717, 1.165) is 24.1 Å². The van der Waals surface area contributed by atoms with E-state index in [1.54, 1.807) is 23.3 Å². The molecule has 1 fully saturated rings. The number of carbonyl (C=O) groups excluding carboxylic acids is 2. The zero-order valence-corrected chi connectivity index (χ0v) is 16.9. The second-order valence-corrected chi connectivity index (χ2v) is 8.86. The highest BCUT2D eigenvalue weighted by molar-refractivity contribution is 7.14. The number of H-pyrrole nitrogens is 1. The number of hydrogen-bond donors (Lipinski definition) is 2. The number of imidazole rings is 1. The summed E-state index contributed by atoms with van der Waals surface area (Å²) < 4.78 is 1.35. The molecule has 2 amide bonds. The standard InChI is InChI=1S/C19H20N6O3S/c1-3-10-6-11-14(29-10)16(27)25(9-19(11)4-5-19)8-13(26)22-17-20-7-12-15(23-17)24(2)18(28)21-12/h6-7H,3-5,8-9H2,1-2H3,(H,21,28)(H,20,22,23,26). The van der Waals surface area contributed by atoms with Crippen LogP contribution in [0.4, 0.5) is 5.95 Å². The van der Waals surface area contributed by atoms with E-state index in [1.165, 1.54) is 21.2 Å². The molecule has 0 aromatic carbocycles. The smallest absolute Gasteiger partial charge is 0.327 e. The van der Waals surface area contributed by atoms with E-state index in [1.807, 2.05) is 0 Å². The quantitative estimate of drug-likeness (QED) is 0.673. The first kappa shape index (κ1) is 18.0. The lowest BCUT2D eigenvalue weighted by Gasteiger charge is -2.32. The molecular weight excluding hydrogens is 392 g/mol. The van der Waals surface area contributed by atoms with Gasteiger partial charge >= 0.3 is 5.69 Å². The number of amides is 2. The Bertz CT molecular complexity index is 1220. The van der Waals surface area contributed by atoms with Crippen LogP contribution in [-0.2, 0) is 23.7 Å². The summed E-state index contributed by atoms with van der Waals surface area (Å²) in [6.45, 7) is 2.61. The van der Waals surface area contributed by atoms with Crippen molar-refractivity contribution >= 4 is 40.3 Å². The number of aromatic nitrogens is 4. The number of thiophene rings is 1. The molecule has 1 aliphatic carbocycles. The van der Waals surface area contributed by atoms with Gasteiger partial charge in [0.1, 0.15) is 12.1 Å². The van der Waals surface area contributed by atoms with Gasteiger partial charge in [-0.05, 0) is 30.9 Å². The topological polar surface area (TPSA) is 113 Å². The minimum atomic E-state index is -0.357. The zero-order valence-electron chi connectivity index (χ0n) is 16.1. The molecule has 2 aliphatic rings. The Morgan fingerprint density at radius 2 is 2.17 bits per heavy atom. The van der Waals surface area contributed by atoms with Crippen LogP contribution in [0, 0.1) is 0 Å². The number of aromatic amines is 1. The van der Waals surface area contributed by atoms with Gasteiger partial charge in [0, 0.05) is 23.9 Å². The number of anilines is 1. The lowest BCUT2D eigenvalue weighted by atomic mass is 9.91. The third-order valence-corrected chi connectivity index (χ3v) is 7.02. The first-order valence-corrected chi connectivity index (χ1v) is 10.4. The van der Waals surface area contributed by atoms with Gasteiger partial charge in [-0.1, -0.05) is 6.92 Å². The molecule has 0 bridgehead atoms. The molecule has 0 atom stereocenters. The van der Waals surface area contributed by atoms with Gasteiger partial charge < -0.3 is 9.88 Å². The number of hydrogen-bond acceptors (Lipinski definition) is 6. The van der Waals surface area contributed by atoms with Gasteiger partial charge in [0.15, 0.2) is 5.65 Å². The van der Waals surface area contributed by atoms with Crippen molar-refractivity contribution in [1.29, 1.82) is 0 Å². The van der Waals surface area contributed by atoms with Crippen molar-refractivity contribution in [2.45, 2.75) is 31.6 Å². The molecule has 3 aromatic rings. The lowest BCUT2D eigenvalue weighted by Crippen LogP contribution is -2.46. The number of nitrogens with one attached hydrogen (secondary N) is 2. The third kappa shape index (κ3) is 2.86. The van der Waals surface area contributed by atoms with Crippen LogP contribution < -0.4 is 11.0 Å². The molecule has 1 saturated carbocycles. The highest BCUT2D eigenvalue weighted by atomic mass is 32.1. The monoisotopic (exact) mass is 412 g/mol. The van der Waals surface area contributed by atoms with E-state index in [4.69, 9.17) is 0 Å². The summed E-state index contributed by atoms with van der Waals surface area (Å²) in [5.41, 5.74) is 1.79. The van der Waals surface area contributed by atoms with E-state index in [9.17, 15) is 14.4 Å². The van der Waals surface area contributed by atoms with Crippen molar-refractivity contribution in [2.24, 2.45) is 7.05 Å². The van der Waals surface area contributed by atoms with Crippen LogP contribution in [0.15, 0.2) is 17.1 Å². The maximum atomic E-state index is 13.0. The SMILES string of the molecule is CCc1cc2c(s1)C(=O)N(CC(=O)Nc1ncc3[nH]c(=O)n(C)c3n1)CC21CC1. The van der Waals surface area contributed by atoms with E-state index >= 15 is 0 Å². The molecule has 3 aromatic heterocycles. The molecule has 10 heteroatoms. The number of rotatable bonds is 4. The van der Waals surface area contributed by atoms with Gasteiger partial charge in [-0.3, -0.25) is 19.5 Å². The second kappa shape index (κ2) is 6.24. The molecule has 4 heterocycles. The molecule has 9 nitrogen and oxygen atoms in total. The first-order chi connectivity index (χ1) is 13.9. The molecule has 29 heavy (non-hydrogen) atoms. The molecule has 0 unspecified atom stereocenters. The molecule has 0 saturated heterocycles. The second-order valence-electron chi connectivity index (χ2n) is 7.72. The van der Waals surface area contributed by atoms with Crippen LogP contribution in [-0.4, -0.2) is 49.3 Å². The van der Waals surface area contributed by atoms with Gasteiger partial charge in [0.2, 0.25) is 11.9 Å². The fraction of sp³-hybridized carbons (Fsp3) is 0.421. The molecule has 1 aliphatic heterocycles. The summed E-state index contributed by atoms with van der Waals surface area (Å²) in [6.07, 6.45) is 4.46. The summed E-state index contributed by atoms with van der Waals surface area (Å²) in [4.78, 5) is 51.8. The minimum absolute atomic E-state index is 0.0201. The molecule has 2 N–H and O–H groups in total. The predicted octanol–water partition coefficient (Wildman–Crippen LogP) is 1.41. The van der Waals surface area contributed by atoms with Crippen molar-refractivity contribution in [3.8, 4) is 0 Å². The summed E-state index contributed by atoms with van der Waals surface area (Å²) in [5, 5.41) is 2.65. The van der Waals surface area contributed by atoms with Crippen LogP contribution in [0.3, 0.4) is 0 Å². The number of fused-ring (bicyclic) bond motifs is 3. The molecular formula is C19H20N6O3S. The van der Waals surface area contributed by atoms with Crippen molar-refractivity contribution in [3.05, 3.63) is 38.1 Å². The van der Waals surface area contributed by atoms with Crippen LogP contribution in [0.2, 0.25) is 0 Å². The molecule has 1 spiro atoms. The van der Waals surface area contributed by atoms with Crippen molar-refractivity contribution in [2.75, 3.05) is 18.4 Å². The highest BCUT2D eigenvalue weighted by Gasteiger charge is 2.52. The summed E-state index contributed by atoms with van der Waals surface area (Å²) in [6, 6.07) is 2.17. The Balaban J connectivity index is 1.35. The largest absolute Gasteiger partial charge is 0.328 e. The molecule has 150 valence electrons. The van der Waals surface area contributed by atoms with Gasteiger partial charge in [-0.25, -0.2) is 9.78 Å². The lowest BCUT2D eigenvalue weighted by molar-refractivity contribution is -0.117. The van der Waals surface area contributed by atoms with Gasteiger partial charge in [0.25, 0.3) is 5.91 Å². The molecule has 5 rings (SSSR count). The Morgan fingerprint density at radius 1 is 1.38 bits per heavy atom. The van der Waals surface area contributed by atoms with E-state index in [0.29, 0.717) is 17.7 Å². The van der Waals surface area contributed by atoms with Gasteiger partial charge in [-0.15, -0.1) is 11.3 Å². The van der Waals surface area contributed by atoms with Gasteiger partial charge in [0.05, 0.1) is 11.1 Å². The van der Waals surface area contributed by atoms with Crippen LogP contribution in [0.1, 0.15) is 39.9 Å². The normalized spacial score (nSPS) is 17.0. The zero-order chi connectivity index (χ0) is 20.3. The van der Waals surface area contributed by atoms with Crippen molar-refractivity contribution < 1.29 is 9.59 Å². The van der Waals surface area contributed by atoms with Gasteiger partial charge in [-0.2, -0.15) is 4.98 Å². The predicted molar refractivity (Wildman–Crippen MR) is 108 cm³/mol. The van der Waals surface area contributed by atoms with Crippen molar-refractivity contribution in [1.82, 2.24) is 24.4 Å². The maximum absolute atomic E-state index is 13.0. The summed E-state index contributed by atoms with van der Waals surface area (Å²) in [5.74, 6) is -0.334. The fourth-order valence-corrected chi connectivity index (χ4v) is 5.14. The number of carbonyl (C=O) groups is 2.